The smallest absolute Gasteiger partial charge is 0.336 e. The van der Waals surface area contributed by atoms with Gasteiger partial charge >= 0.3 is 5.63 Å². The second kappa shape index (κ2) is 6.08. The van der Waals surface area contributed by atoms with Crippen LogP contribution in [-0.4, -0.2) is 5.11 Å². The fourth-order valence-corrected chi connectivity index (χ4v) is 3.71. The molecule has 7 heteroatoms. The van der Waals surface area contributed by atoms with E-state index in [1.165, 1.54) is 12.1 Å². The Hall–Kier alpha value is -3.43. The summed E-state index contributed by atoms with van der Waals surface area (Å²) in [7, 11) is 0. The third-order valence-corrected chi connectivity index (χ3v) is 4.94. The average Bonchev–Trinajstić information content (AvgIpc) is 2.60. The summed E-state index contributed by atoms with van der Waals surface area (Å²) >= 11 is 6.38. The molecular weight excluding hydrogens is 368 g/mol. The molecule has 1 atom stereocenters. The molecule has 3 N–H and O–H groups in total. The second-order valence-corrected chi connectivity index (χ2v) is 6.61. The molecule has 2 aromatic carbocycles. The van der Waals surface area contributed by atoms with E-state index >= 15 is 0 Å². The van der Waals surface area contributed by atoms with E-state index in [2.05, 4.69) is 6.07 Å². The van der Waals surface area contributed by atoms with Crippen LogP contribution < -0.4 is 16.1 Å². The highest BCUT2D eigenvalue weighted by Crippen LogP contribution is 2.49. The van der Waals surface area contributed by atoms with Gasteiger partial charge in [-0.25, -0.2) is 4.79 Å². The van der Waals surface area contributed by atoms with Crippen molar-refractivity contribution in [3.63, 3.8) is 0 Å². The minimum atomic E-state index is -0.708. The molecule has 3 aromatic rings. The van der Waals surface area contributed by atoms with E-state index in [4.69, 9.17) is 26.5 Å². The van der Waals surface area contributed by atoms with Gasteiger partial charge in [-0.2, -0.15) is 5.26 Å². The summed E-state index contributed by atoms with van der Waals surface area (Å²) in [5, 5.41) is 20.9. The van der Waals surface area contributed by atoms with Crippen molar-refractivity contribution in [1.29, 1.82) is 5.26 Å². The van der Waals surface area contributed by atoms with Crippen molar-refractivity contribution in [1.82, 2.24) is 0 Å². The monoisotopic (exact) mass is 380 g/mol. The Morgan fingerprint density at radius 2 is 2.04 bits per heavy atom. The number of benzene rings is 2. The van der Waals surface area contributed by atoms with Gasteiger partial charge in [0, 0.05) is 17.2 Å². The summed E-state index contributed by atoms with van der Waals surface area (Å²) in [6.45, 7) is 1.69. The molecule has 4 rings (SSSR count). The molecule has 27 heavy (non-hydrogen) atoms. The molecule has 0 saturated carbocycles. The Labute approximate surface area is 158 Å². The number of allylic oxidation sites excluding steroid dienone is 1. The quantitative estimate of drug-likeness (QED) is 0.623. The van der Waals surface area contributed by atoms with E-state index in [-0.39, 0.29) is 28.5 Å². The van der Waals surface area contributed by atoms with Gasteiger partial charge in [-0.05, 0) is 24.1 Å². The summed E-state index contributed by atoms with van der Waals surface area (Å²) < 4.78 is 11.0. The standard InChI is InChI=1S/C20H13ClN2O4/c1-9-6-15(25)27-19-16(9)13(24)7-14-18(19)17(11(8-22)20(23)26-14)10-4-2-3-5-12(10)21/h2-7,17,24H,23H2,1H3. The van der Waals surface area contributed by atoms with E-state index in [9.17, 15) is 15.2 Å². The Morgan fingerprint density at radius 1 is 1.30 bits per heavy atom. The number of nitrogens with two attached hydrogens (primary N) is 1. The summed E-state index contributed by atoms with van der Waals surface area (Å²) in [5.74, 6) is -0.713. The molecule has 1 aliphatic rings. The van der Waals surface area contributed by atoms with Crippen molar-refractivity contribution in [3.8, 4) is 17.6 Å². The van der Waals surface area contributed by atoms with Crippen molar-refractivity contribution in [2.24, 2.45) is 5.73 Å². The van der Waals surface area contributed by atoms with Gasteiger partial charge in [0.1, 0.15) is 28.7 Å². The van der Waals surface area contributed by atoms with Crippen molar-refractivity contribution < 1.29 is 14.3 Å². The zero-order valence-corrected chi connectivity index (χ0v) is 14.9. The molecule has 1 aliphatic heterocycles. The Bertz CT molecular complexity index is 1240. The maximum Gasteiger partial charge on any atom is 0.336 e. The third kappa shape index (κ3) is 2.52. The van der Waals surface area contributed by atoms with Gasteiger partial charge in [0.25, 0.3) is 0 Å². The number of aromatic hydroxyl groups is 1. The number of hydrogen-bond donors (Lipinski definition) is 2. The maximum absolute atomic E-state index is 12.0. The van der Waals surface area contributed by atoms with Crippen LogP contribution in [0.5, 0.6) is 11.5 Å². The molecule has 0 saturated heterocycles. The van der Waals surface area contributed by atoms with Crippen LogP contribution in [0.3, 0.4) is 0 Å². The summed E-state index contributed by atoms with van der Waals surface area (Å²) in [4.78, 5) is 12.0. The van der Waals surface area contributed by atoms with Gasteiger partial charge in [0.2, 0.25) is 5.88 Å². The number of nitriles is 1. The lowest BCUT2D eigenvalue weighted by Crippen LogP contribution is -2.22. The molecule has 0 aliphatic carbocycles. The summed E-state index contributed by atoms with van der Waals surface area (Å²) in [5.41, 5.74) is 7.23. The van der Waals surface area contributed by atoms with Gasteiger partial charge in [-0.15, -0.1) is 0 Å². The Kier molecular flexibility index (Phi) is 3.83. The summed E-state index contributed by atoms with van der Waals surface area (Å²) in [6, 6.07) is 11.8. The molecule has 1 unspecified atom stereocenters. The zero-order chi connectivity index (χ0) is 19.3. The molecule has 0 amide bonds. The highest BCUT2D eigenvalue weighted by molar-refractivity contribution is 6.31. The van der Waals surface area contributed by atoms with E-state index in [1.807, 2.05) is 0 Å². The van der Waals surface area contributed by atoms with Crippen molar-refractivity contribution in [3.05, 3.63) is 80.0 Å². The molecule has 6 nitrogen and oxygen atoms in total. The number of halogens is 1. The number of nitrogens with zero attached hydrogens (tertiary/aromatic N) is 1. The maximum atomic E-state index is 12.0. The fraction of sp³-hybridized carbons (Fsp3) is 0.100. The molecule has 2 heterocycles. The molecule has 134 valence electrons. The average molecular weight is 381 g/mol. The minimum Gasteiger partial charge on any atom is -0.507 e. The van der Waals surface area contributed by atoms with Crippen LogP contribution in [0, 0.1) is 18.3 Å². The van der Waals surface area contributed by atoms with E-state index in [0.717, 1.165) is 0 Å². The normalized spacial score (nSPS) is 16.0. The number of fused-ring (bicyclic) bond motifs is 3. The van der Waals surface area contributed by atoms with Crippen LogP contribution in [0.2, 0.25) is 5.02 Å². The van der Waals surface area contributed by atoms with E-state index < -0.39 is 11.5 Å². The Balaban J connectivity index is 2.18. The first kappa shape index (κ1) is 17.0. The first-order valence-corrected chi connectivity index (χ1v) is 8.42. The molecule has 0 bridgehead atoms. The van der Waals surface area contributed by atoms with Crippen molar-refractivity contribution in [2.75, 3.05) is 0 Å². The van der Waals surface area contributed by atoms with Crippen LogP contribution >= 0.6 is 11.6 Å². The van der Waals surface area contributed by atoms with Crippen LogP contribution in [0.1, 0.15) is 22.6 Å². The van der Waals surface area contributed by atoms with Gasteiger partial charge in [-0.1, -0.05) is 29.8 Å². The lowest BCUT2D eigenvalue weighted by molar-refractivity contribution is 0.387. The molecular formula is C20H13ClN2O4. The second-order valence-electron chi connectivity index (χ2n) is 6.21. The number of hydrogen-bond acceptors (Lipinski definition) is 6. The van der Waals surface area contributed by atoms with Crippen LogP contribution in [-0.2, 0) is 0 Å². The third-order valence-electron chi connectivity index (χ3n) is 4.59. The van der Waals surface area contributed by atoms with Crippen LogP contribution in [0.4, 0.5) is 0 Å². The molecule has 0 radical (unpaired) electrons. The molecule has 1 aromatic heterocycles. The topological polar surface area (TPSA) is 109 Å². The predicted octanol–water partition coefficient (Wildman–Crippen LogP) is 3.68. The van der Waals surface area contributed by atoms with Gasteiger partial charge in [0.05, 0.1) is 16.9 Å². The number of rotatable bonds is 1. The first-order chi connectivity index (χ1) is 12.9. The number of phenolic OH excluding ortho intramolecular Hbond substituents is 1. The SMILES string of the molecule is Cc1cc(=O)oc2c3c(cc(O)c12)OC(N)=C(C#N)C3c1ccccc1Cl. The minimum absolute atomic E-state index is 0.0938. The number of phenols is 1. The predicted molar refractivity (Wildman–Crippen MR) is 99.6 cm³/mol. The first-order valence-electron chi connectivity index (χ1n) is 8.04. The van der Waals surface area contributed by atoms with Crippen molar-refractivity contribution >= 4 is 22.6 Å². The highest BCUT2D eigenvalue weighted by Gasteiger charge is 2.35. The fourth-order valence-electron chi connectivity index (χ4n) is 3.46. The molecule has 0 fully saturated rings. The number of ether oxygens (including phenoxy) is 1. The van der Waals surface area contributed by atoms with Crippen molar-refractivity contribution in [2.45, 2.75) is 12.8 Å². The lowest BCUT2D eigenvalue weighted by Gasteiger charge is -2.27. The van der Waals surface area contributed by atoms with Gasteiger partial charge in [-0.3, -0.25) is 0 Å². The molecule has 0 spiro atoms. The Morgan fingerprint density at radius 3 is 2.74 bits per heavy atom. The zero-order valence-electron chi connectivity index (χ0n) is 14.1. The van der Waals surface area contributed by atoms with Gasteiger partial charge in [0.15, 0.2) is 0 Å². The number of aryl methyl sites for hydroxylation is 1. The largest absolute Gasteiger partial charge is 0.507 e. The lowest BCUT2D eigenvalue weighted by atomic mass is 9.82. The van der Waals surface area contributed by atoms with Crippen LogP contribution in [0.25, 0.3) is 11.0 Å². The van der Waals surface area contributed by atoms with E-state index in [0.29, 0.717) is 27.1 Å². The van der Waals surface area contributed by atoms with Gasteiger partial charge < -0.3 is 20.0 Å². The van der Waals surface area contributed by atoms with Crippen LogP contribution in [0.15, 0.2) is 57.1 Å². The van der Waals surface area contributed by atoms with E-state index in [1.54, 1.807) is 31.2 Å². The summed E-state index contributed by atoms with van der Waals surface area (Å²) in [6.07, 6.45) is 0. The highest BCUT2D eigenvalue weighted by atomic mass is 35.5.